The summed E-state index contributed by atoms with van der Waals surface area (Å²) in [4.78, 5) is 10.1. The number of benzene rings is 1. The minimum absolute atomic E-state index is 0.0621. The van der Waals surface area contributed by atoms with E-state index in [1.54, 1.807) is 0 Å². The summed E-state index contributed by atoms with van der Waals surface area (Å²) in [5, 5.41) is 14.1. The minimum atomic E-state index is -3.81. The summed E-state index contributed by atoms with van der Waals surface area (Å²) in [6, 6.07) is 2.27. The molecule has 1 aromatic carbocycles. The second-order valence-electron chi connectivity index (χ2n) is 5.02. The number of hydrogen-bond acceptors (Lipinski definition) is 5. The summed E-state index contributed by atoms with van der Waals surface area (Å²) in [5.74, 6) is 0.232. The van der Waals surface area contributed by atoms with Crippen LogP contribution in [0.25, 0.3) is 0 Å². The molecule has 1 aliphatic rings. The smallest absolute Gasteiger partial charge is 0.275 e. The second-order valence-corrected chi connectivity index (χ2v) is 7.19. The highest BCUT2D eigenvalue weighted by Gasteiger charge is 2.24. The van der Waals surface area contributed by atoms with Crippen molar-refractivity contribution in [2.75, 3.05) is 19.6 Å². The van der Waals surface area contributed by atoms with Gasteiger partial charge in [0, 0.05) is 18.2 Å². The SMILES string of the molecule is Cc1c(Cl)cc(S(=O)(=O)NCC2CCNC2)cc1[N+](=O)[O-]. The Morgan fingerprint density at radius 3 is 2.81 bits per heavy atom. The van der Waals surface area contributed by atoms with E-state index in [4.69, 9.17) is 11.6 Å². The normalized spacial score (nSPS) is 18.9. The molecule has 7 nitrogen and oxygen atoms in total. The third-order valence-electron chi connectivity index (χ3n) is 3.52. The van der Waals surface area contributed by atoms with Crippen molar-refractivity contribution in [3.8, 4) is 0 Å². The van der Waals surface area contributed by atoms with Crippen molar-refractivity contribution < 1.29 is 13.3 Å². The summed E-state index contributed by atoms with van der Waals surface area (Å²) < 4.78 is 26.9. The molecule has 2 rings (SSSR count). The highest BCUT2D eigenvalue weighted by molar-refractivity contribution is 7.89. The van der Waals surface area contributed by atoms with Gasteiger partial charge in [0.25, 0.3) is 5.69 Å². The highest BCUT2D eigenvalue weighted by atomic mass is 35.5. The maximum absolute atomic E-state index is 12.2. The van der Waals surface area contributed by atoms with E-state index in [1.807, 2.05) is 0 Å². The van der Waals surface area contributed by atoms with Crippen LogP contribution in [0.5, 0.6) is 0 Å². The molecule has 0 amide bonds. The fourth-order valence-corrected chi connectivity index (χ4v) is 3.63. The minimum Gasteiger partial charge on any atom is -0.316 e. The average molecular weight is 334 g/mol. The maximum Gasteiger partial charge on any atom is 0.275 e. The van der Waals surface area contributed by atoms with E-state index in [0.29, 0.717) is 6.54 Å². The largest absolute Gasteiger partial charge is 0.316 e. The Kier molecular flexibility index (Phi) is 4.82. The van der Waals surface area contributed by atoms with Crippen LogP contribution in [0.1, 0.15) is 12.0 Å². The molecule has 1 atom stereocenters. The van der Waals surface area contributed by atoms with Crippen LogP contribution in [0, 0.1) is 23.0 Å². The van der Waals surface area contributed by atoms with Gasteiger partial charge in [-0.1, -0.05) is 11.6 Å². The molecular formula is C12H16ClN3O4S. The summed E-state index contributed by atoms with van der Waals surface area (Å²) in [6.07, 6.45) is 0.900. The van der Waals surface area contributed by atoms with E-state index in [1.165, 1.54) is 13.0 Å². The van der Waals surface area contributed by atoms with Crippen LogP contribution in [0.15, 0.2) is 17.0 Å². The first kappa shape index (κ1) is 16.2. The number of nitro groups is 1. The van der Waals surface area contributed by atoms with Gasteiger partial charge >= 0.3 is 0 Å². The summed E-state index contributed by atoms with van der Waals surface area (Å²) >= 11 is 5.89. The lowest BCUT2D eigenvalue weighted by atomic mass is 10.1. The van der Waals surface area contributed by atoms with Crippen molar-refractivity contribution >= 4 is 27.3 Å². The van der Waals surface area contributed by atoms with Gasteiger partial charge in [0.05, 0.1) is 14.8 Å². The topological polar surface area (TPSA) is 101 Å². The number of hydrogen-bond donors (Lipinski definition) is 2. The van der Waals surface area contributed by atoms with Crippen molar-refractivity contribution in [1.82, 2.24) is 10.0 Å². The summed E-state index contributed by atoms with van der Waals surface area (Å²) in [5.41, 5.74) is -0.0500. The van der Waals surface area contributed by atoms with Crippen LogP contribution in [0.3, 0.4) is 0 Å². The number of halogens is 1. The van der Waals surface area contributed by atoms with Crippen LogP contribution in [0.2, 0.25) is 5.02 Å². The zero-order chi connectivity index (χ0) is 15.6. The molecule has 9 heteroatoms. The number of rotatable bonds is 5. The average Bonchev–Trinajstić information content (AvgIpc) is 2.92. The number of sulfonamides is 1. The quantitative estimate of drug-likeness (QED) is 0.627. The highest BCUT2D eigenvalue weighted by Crippen LogP contribution is 2.29. The molecule has 1 fully saturated rings. The van der Waals surface area contributed by atoms with Gasteiger partial charge in [-0.05, 0) is 38.4 Å². The fraction of sp³-hybridized carbons (Fsp3) is 0.500. The first-order chi connectivity index (χ1) is 9.81. The first-order valence-corrected chi connectivity index (χ1v) is 8.32. The van der Waals surface area contributed by atoms with Gasteiger partial charge in [0.15, 0.2) is 0 Å². The predicted octanol–water partition coefficient (Wildman–Crippen LogP) is 1.44. The van der Waals surface area contributed by atoms with Crippen LogP contribution >= 0.6 is 11.6 Å². The fourth-order valence-electron chi connectivity index (χ4n) is 2.18. The molecule has 0 aliphatic carbocycles. The lowest BCUT2D eigenvalue weighted by molar-refractivity contribution is -0.385. The van der Waals surface area contributed by atoms with Crippen LogP contribution in [-0.2, 0) is 10.0 Å². The Balaban J connectivity index is 2.24. The van der Waals surface area contributed by atoms with Crippen LogP contribution in [-0.4, -0.2) is 33.0 Å². The Labute approximate surface area is 127 Å². The lowest BCUT2D eigenvalue weighted by Crippen LogP contribution is -2.30. The molecule has 1 unspecified atom stereocenters. The summed E-state index contributed by atoms with van der Waals surface area (Å²) in [7, 11) is -3.81. The first-order valence-electron chi connectivity index (χ1n) is 6.46. The molecular weight excluding hydrogens is 318 g/mol. The Morgan fingerprint density at radius 2 is 2.24 bits per heavy atom. The number of nitro benzene ring substituents is 1. The molecule has 0 spiro atoms. The molecule has 1 saturated heterocycles. The van der Waals surface area contributed by atoms with Crippen LogP contribution in [0.4, 0.5) is 5.69 Å². The monoisotopic (exact) mass is 333 g/mol. The molecule has 21 heavy (non-hydrogen) atoms. The Hall–Kier alpha value is -1.22. The molecule has 2 N–H and O–H groups in total. The second kappa shape index (κ2) is 6.27. The van der Waals surface area contributed by atoms with Gasteiger partial charge in [0.2, 0.25) is 10.0 Å². The third kappa shape index (κ3) is 3.70. The van der Waals surface area contributed by atoms with E-state index in [2.05, 4.69) is 10.0 Å². The van der Waals surface area contributed by atoms with Gasteiger partial charge in [-0.3, -0.25) is 10.1 Å². The van der Waals surface area contributed by atoms with Gasteiger partial charge in [-0.15, -0.1) is 0 Å². The van der Waals surface area contributed by atoms with Crippen molar-refractivity contribution in [3.05, 3.63) is 32.8 Å². The van der Waals surface area contributed by atoms with Crippen molar-refractivity contribution in [1.29, 1.82) is 0 Å². The van der Waals surface area contributed by atoms with Gasteiger partial charge in [-0.2, -0.15) is 0 Å². The van der Waals surface area contributed by atoms with Gasteiger partial charge in [0.1, 0.15) is 0 Å². The standard InChI is InChI=1S/C12H16ClN3O4S/c1-8-11(13)4-10(5-12(8)16(17)18)21(19,20)15-7-9-2-3-14-6-9/h4-5,9,14-15H,2-3,6-7H2,1H3. The number of nitrogens with zero attached hydrogens (tertiary/aromatic N) is 1. The molecule has 1 aromatic rings. The molecule has 1 heterocycles. The Morgan fingerprint density at radius 1 is 1.52 bits per heavy atom. The van der Waals surface area contributed by atoms with Crippen LogP contribution < -0.4 is 10.0 Å². The third-order valence-corrected chi connectivity index (χ3v) is 5.32. The van der Waals surface area contributed by atoms with E-state index in [9.17, 15) is 18.5 Å². The molecule has 0 radical (unpaired) electrons. The Bertz CT molecular complexity index is 657. The summed E-state index contributed by atoms with van der Waals surface area (Å²) in [6.45, 7) is 3.41. The van der Waals surface area contributed by atoms with Gasteiger partial charge in [-0.25, -0.2) is 13.1 Å². The lowest BCUT2D eigenvalue weighted by Gasteiger charge is -2.11. The van der Waals surface area contributed by atoms with Crippen molar-refractivity contribution in [2.24, 2.45) is 5.92 Å². The van der Waals surface area contributed by atoms with Crippen molar-refractivity contribution in [2.45, 2.75) is 18.2 Å². The molecule has 116 valence electrons. The zero-order valence-corrected chi connectivity index (χ0v) is 13.0. The predicted molar refractivity (Wildman–Crippen MR) is 79.0 cm³/mol. The van der Waals surface area contributed by atoms with E-state index in [-0.39, 0.29) is 27.1 Å². The molecule has 0 aromatic heterocycles. The van der Waals surface area contributed by atoms with E-state index >= 15 is 0 Å². The molecule has 0 bridgehead atoms. The van der Waals surface area contributed by atoms with Gasteiger partial charge < -0.3 is 5.32 Å². The maximum atomic E-state index is 12.2. The molecule has 1 aliphatic heterocycles. The van der Waals surface area contributed by atoms with Crippen molar-refractivity contribution in [3.63, 3.8) is 0 Å². The number of nitrogens with one attached hydrogen (secondary N) is 2. The molecule has 0 saturated carbocycles. The van der Waals surface area contributed by atoms with E-state index in [0.717, 1.165) is 25.6 Å². The van der Waals surface area contributed by atoms with E-state index < -0.39 is 14.9 Å². The zero-order valence-electron chi connectivity index (χ0n) is 11.4.